The Labute approximate surface area is 181 Å². The minimum atomic E-state index is -1.83. The van der Waals surface area contributed by atoms with Crippen molar-refractivity contribution in [3.05, 3.63) is 0 Å². The molecule has 2 aliphatic carbocycles. The summed E-state index contributed by atoms with van der Waals surface area (Å²) in [5, 5.41) is 39.9. The highest BCUT2D eigenvalue weighted by molar-refractivity contribution is 5.53. The highest BCUT2D eigenvalue weighted by atomic mass is 17.0. The molecular weight excluding hydrogens is 392 g/mol. The summed E-state index contributed by atoms with van der Waals surface area (Å²) in [5.41, 5.74) is 0. The molecule has 2 saturated carbocycles. The molecular formula is C22H46O8. The van der Waals surface area contributed by atoms with Gasteiger partial charge in [0.1, 0.15) is 0 Å². The van der Waals surface area contributed by atoms with Gasteiger partial charge in [0.15, 0.2) is 0 Å². The van der Waals surface area contributed by atoms with Gasteiger partial charge in [-0.3, -0.25) is 10.5 Å². The van der Waals surface area contributed by atoms with Gasteiger partial charge in [0.2, 0.25) is 0 Å². The zero-order valence-corrected chi connectivity index (χ0v) is 19.0. The second-order valence-corrected chi connectivity index (χ2v) is 7.86. The minimum Gasteiger partial charge on any atom is -0.450 e. The van der Waals surface area contributed by atoms with Crippen molar-refractivity contribution in [3.63, 3.8) is 0 Å². The van der Waals surface area contributed by atoms with Gasteiger partial charge in [0.05, 0.1) is 0 Å². The molecule has 0 aliphatic heterocycles. The fourth-order valence-corrected chi connectivity index (χ4v) is 3.94. The Morgan fingerprint density at radius 3 is 1.03 bits per heavy atom. The maximum Gasteiger partial charge on any atom is 0.503 e. The van der Waals surface area contributed by atoms with Crippen molar-refractivity contribution in [3.8, 4) is 0 Å². The first kappa shape index (κ1) is 33.1. The molecule has 2 aliphatic rings. The van der Waals surface area contributed by atoms with E-state index < -0.39 is 12.3 Å². The Bertz CT molecular complexity index is 309. The van der Waals surface area contributed by atoms with Crippen LogP contribution in [-0.4, -0.2) is 43.3 Å². The average Bonchev–Trinajstić information content (AvgIpc) is 2.73. The molecule has 2 fully saturated rings. The lowest BCUT2D eigenvalue weighted by Gasteiger charge is -2.20. The van der Waals surface area contributed by atoms with Gasteiger partial charge in [-0.1, -0.05) is 117 Å². The number of carboxylic acid groups (broad SMARTS) is 4. The standard InChI is InChI=1S/2C10H20.2CH2O3.H2O2/c2*1-2-3-7-10-8-5-4-6-9-10;2*2-1(3)4;1-2/h2*10H,2-9H2,1H3;2*(H2,2,3,4);1-2H. The number of rotatable bonds is 6. The second kappa shape index (κ2) is 27.5. The summed E-state index contributed by atoms with van der Waals surface area (Å²) in [6, 6.07) is 0. The van der Waals surface area contributed by atoms with Crippen molar-refractivity contribution in [1.82, 2.24) is 0 Å². The van der Waals surface area contributed by atoms with Gasteiger partial charge >= 0.3 is 12.3 Å². The van der Waals surface area contributed by atoms with Crippen molar-refractivity contribution in [2.45, 2.75) is 117 Å². The van der Waals surface area contributed by atoms with Crippen LogP contribution in [0.3, 0.4) is 0 Å². The van der Waals surface area contributed by atoms with E-state index in [1.807, 2.05) is 0 Å². The predicted molar refractivity (Wildman–Crippen MR) is 119 cm³/mol. The average molecular weight is 439 g/mol. The Hall–Kier alpha value is -1.54. The third kappa shape index (κ3) is 34.0. The number of hydrogen-bond acceptors (Lipinski definition) is 4. The highest BCUT2D eigenvalue weighted by Crippen LogP contribution is 2.28. The van der Waals surface area contributed by atoms with Crippen LogP contribution >= 0.6 is 0 Å². The van der Waals surface area contributed by atoms with Crippen LogP contribution in [0, 0.1) is 11.8 Å². The molecule has 0 aromatic heterocycles. The van der Waals surface area contributed by atoms with Crippen molar-refractivity contribution in [1.29, 1.82) is 0 Å². The Kier molecular flexibility index (Phi) is 30.3. The molecule has 0 atom stereocenters. The maximum absolute atomic E-state index is 8.56. The molecule has 0 radical (unpaired) electrons. The molecule has 0 bridgehead atoms. The van der Waals surface area contributed by atoms with Crippen LogP contribution in [-0.2, 0) is 0 Å². The maximum atomic E-state index is 8.56. The van der Waals surface area contributed by atoms with Crippen molar-refractivity contribution in [2.24, 2.45) is 11.8 Å². The van der Waals surface area contributed by atoms with Gasteiger partial charge in [0.25, 0.3) is 0 Å². The molecule has 2 rings (SSSR count). The fraction of sp³-hybridized carbons (Fsp3) is 0.909. The molecule has 0 amide bonds. The summed E-state index contributed by atoms with van der Waals surface area (Å²) in [4.78, 5) is 17.1. The summed E-state index contributed by atoms with van der Waals surface area (Å²) in [6.07, 6.45) is 20.2. The van der Waals surface area contributed by atoms with Crippen LogP contribution in [0.5, 0.6) is 0 Å². The van der Waals surface area contributed by atoms with E-state index in [0.29, 0.717) is 0 Å². The molecule has 8 nitrogen and oxygen atoms in total. The molecule has 8 heteroatoms. The lowest BCUT2D eigenvalue weighted by Crippen LogP contribution is -2.05. The third-order valence-corrected chi connectivity index (χ3v) is 5.38. The smallest absolute Gasteiger partial charge is 0.450 e. The number of carbonyl (C=O) groups is 2. The zero-order chi connectivity index (χ0) is 23.6. The Morgan fingerprint density at radius 2 is 0.833 bits per heavy atom. The largest absolute Gasteiger partial charge is 0.503 e. The highest BCUT2D eigenvalue weighted by Gasteiger charge is 2.12. The summed E-state index contributed by atoms with van der Waals surface area (Å²) in [7, 11) is 0. The third-order valence-electron chi connectivity index (χ3n) is 5.38. The lowest BCUT2D eigenvalue weighted by molar-refractivity contribution is -0.176. The van der Waals surface area contributed by atoms with E-state index in [2.05, 4.69) is 13.8 Å². The molecule has 0 spiro atoms. The van der Waals surface area contributed by atoms with Crippen molar-refractivity contribution >= 4 is 12.3 Å². The summed E-state index contributed by atoms with van der Waals surface area (Å²) in [5.74, 6) is 2.21. The van der Waals surface area contributed by atoms with E-state index in [9.17, 15) is 0 Å². The monoisotopic (exact) mass is 438 g/mol. The first-order chi connectivity index (χ1) is 14.3. The molecule has 0 heterocycles. The molecule has 0 saturated heterocycles. The van der Waals surface area contributed by atoms with E-state index in [1.165, 1.54) is 103 Å². The quantitative estimate of drug-likeness (QED) is 0.180. The lowest BCUT2D eigenvalue weighted by atomic mass is 9.86. The van der Waals surface area contributed by atoms with Gasteiger partial charge in [-0.05, 0) is 11.8 Å². The molecule has 6 N–H and O–H groups in total. The number of hydrogen-bond donors (Lipinski definition) is 6. The normalized spacial score (nSPS) is 16.0. The van der Waals surface area contributed by atoms with Crippen LogP contribution in [0.15, 0.2) is 0 Å². The first-order valence-electron chi connectivity index (χ1n) is 11.4. The van der Waals surface area contributed by atoms with Gasteiger partial charge in [-0.25, -0.2) is 9.59 Å². The predicted octanol–water partition coefficient (Wildman–Crippen LogP) is 7.98. The van der Waals surface area contributed by atoms with Gasteiger partial charge in [0, 0.05) is 0 Å². The molecule has 182 valence electrons. The van der Waals surface area contributed by atoms with Crippen LogP contribution in [0.2, 0.25) is 0 Å². The van der Waals surface area contributed by atoms with E-state index in [4.69, 9.17) is 40.5 Å². The van der Waals surface area contributed by atoms with Crippen molar-refractivity contribution < 1.29 is 40.5 Å². The molecule has 0 unspecified atom stereocenters. The SMILES string of the molecule is CCCCC1CCCCC1.CCCCC1CCCCC1.O=C(O)O.O=C(O)O.OO. The van der Waals surface area contributed by atoms with Gasteiger partial charge < -0.3 is 20.4 Å². The van der Waals surface area contributed by atoms with Gasteiger partial charge in [-0.15, -0.1) is 0 Å². The second-order valence-electron chi connectivity index (χ2n) is 7.86. The van der Waals surface area contributed by atoms with E-state index in [1.54, 1.807) is 0 Å². The molecule has 30 heavy (non-hydrogen) atoms. The summed E-state index contributed by atoms with van der Waals surface area (Å²) >= 11 is 0. The summed E-state index contributed by atoms with van der Waals surface area (Å²) < 4.78 is 0. The zero-order valence-electron chi connectivity index (χ0n) is 19.0. The fourth-order valence-electron chi connectivity index (χ4n) is 3.94. The van der Waals surface area contributed by atoms with E-state index in [-0.39, 0.29) is 0 Å². The minimum absolute atomic E-state index is 1.11. The van der Waals surface area contributed by atoms with E-state index >= 15 is 0 Å². The Morgan fingerprint density at radius 1 is 0.600 bits per heavy atom. The topological polar surface area (TPSA) is 156 Å². The van der Waals surface area contributed by atoms with Crippen LogP contribution in [0.25, 0.3) is 0 Å². The summed E-state index contributed by atoms with van der Waals surface area (Å²) in [6.45, 7) is 4.59. The van der Waals surface area contributed by atoms with E-state index in [0.717, 1.165) is 11.8 Å². The number of unbranched alkanes of at least 4 members (excludes halogenated alkanes) is 2. The first-order valence-corrected chi connectivity index (χ1v) is 11.4. The van der Waals surface area contributed by atoms with Crippen molar-refractivity contribution in [2.75, 3.05) is 0 Å². The molecule has 0 aromatic rings. The Balaban J connectivity index is -0.000000342. The van der Waals surface area contributed by atoms with Crippen LogP contribution in [0.1, 0.15) is 117 Å². The van der Waals surface area contributed by atoms with Crippen LogP contribution < -0.4 is 0 Å². The van der Waals surface area contributed by atoms with Crippen LogP contribution in [0.4, 0.5) is 9.59 Å². The van der Waals surface area contributed by atoms with Gasteiger partial charge in [-0.2, -0.15) is 0 Å². The molecule has 0 aromatic carbocycles.